The normalized spacial score (nSPS) is 14.1. The number of hydrogen-bond donors (Lipinski definition) is 2. The highest BCUT2D eigenvalue weighted by atomic mass is 32.2. The Morgan fingerprint density at radius 3 is 1.97 bits per heavy atom. The van der Waals surface area contributed by atoms with Crippen molar-refractivity contribution in [2.45, 2.75) is 116 Å². The number of carbonyl (C=O) groups is 1. The second-order valence-corrected chi connectivity index (χ2v) is 11.6. The number of amides is 1. The molecule has 1 unspecified atom stereocenters. The zero-order valence-corrected chi connectivity index (χ0v) is 23.1. The van der Waals surface area contributed by atoms with Crippen LogP contribution in [0.4, 0.5) is 18.9 Å². The van der Waals surface area contributed by atoms with E-state index < -0.39 is 39.6 Å². The fraction of sp³-hybridized carbons (Fsp3) is 0.714. The number of nitrogens with zero attached hydrogens (tertiary/aromatic N) is 1. The summed E-state index contributed by atoms with van der Waals surface area (Å²) >= 11 is 0. The van der Waals surface area contributed by atoms with Gasteiger partial charge >= 0.3 is 6.18 Å². The number of nitriles is 1. The Labute approximate surface area is 222 Å². The standard InChI is InChI=1S/C28H43F3N2O3S/c1-3-4-19-37(36)20-15-13-11-9-7-5-6-8-10-12-14-18-27(2,35)26(34)33-24-17-16-23(22-32)25(21-24)28(29,30)31/h16-17,21,35H,3-15,18-20H2,1-2H3,(H,33,34)/t27-,37?/m0/s1. The van der Waals surface area contributed by atoms with E-state index in [0.29, 0.717) is 12.5 Å². The van der Waals surface area contributed by atoms with Gasteiger partial charge in [0.05, 0.1) is 17.2 Å². The van der Waals surface area contributed by atoms with E-state index >= 15 is 0 Å². The van der Waals surface area contributed by atoms with E-state index in [-0.39, 0.29) is 12.1 Å². The summed E-state index contributed by atoms with van der Waals surface area (Å²) in [5, 5.41) is 21.7. The summed E-state index contributed by atoms with van der Waals surface area (Å²) in [6.07, 6.45) is 9.42. The summed E-state index contributed by atoms with van der Waals surface area (Å²) in [7, 11) is -0.642. The van der Waals surface area contributed by atoms with Crippen LogP contribution in [0.15, 0.2) is 18.2 Å². The molecule has 5 nitrogen and oxygen atoms in total. The first-order valence-corrected chi connectivity index (χ1v) is 15.0. The average molecular weight is 545 g/mol. The fourth-order valence-electron chi connectivity index (χ4n) is 4.06. The van der Waals surface area contributed by atoms with Crippen molar-refractivity contribution in [3.63, 3.8) is 0 Å². The monoisotopic (exact) mass is 544 g/mol. The topological polar surface area (TPSA) is 90.2 Å². The van der Waals surface area contributed by atoms with E-state index in [0.717, 1.165) is 68.9 Å². The smallest absolute Gasteiger partial charge is 0.380 e. The lowest BCUT2D eigenvalue weighted by atomic mass is 9.96. The number of benzene rings is 1. The quantitative estimate of drug-likeness (QED) is 0.177. The van der Waals surface area contributed by atoms with Crippen molar-refractivity contribution in [3.05, 3.63) is 29.3 Å². The summed E-state index contributed by atoms with van der Waals surface area (Å²) in [4.78, 5) is 12.4. The van der Waals surface area contributed by atoms with Crippen molar-refractivity contribution in [2.75, 3.05) is 16.8 Å². The first-order valence-electron chi connectivity index (χ1n) is 13.5. The Kier molecular flexibility index (Phi) is 15.7. The molecule has 210 valence electrons. The van der Waals surface area contributed by atoms with E-state index in [1.165, 1.54) is 44.7 Å². The third-order valence-corrected chi connectivity index (χ3v) is 7.94. The predicted octanol–water partition coefficient (Wildman–Crippen LogP) is 7.50. The van der Waals surface area contributed by atoms with Gasteiger partial charge < -0.3 is 10.4 Å². The number of carbonyl (C=O) groups excluding carboxylic acids is 1. The van der Waals surface area contributed by atoms with Gasteiger partial charge in [0.2, 0.25) is 0 Å². The van der Waals surface area contributed by atoms with Crippen LogP contribution in [0.2, 0.25) is 0 Å². The van der Waals surface area contributed by atoms with Crippen molar-refractivity contribution < 1.29 is 27.3 Å². The van der Waals surface area contributed by atoms with Crippen LogP contribution in [0, 0.1) is 11.3 Å². The first kappa shape index (κ1) is 33.1. The number of aliphatic hydroxyl groups is 1. The van der Waals surface area contributed by atoms with Crippen molar-refractivity contribution in [1.29, 1.82) is 5.26 Å². The Morgan fingerprint density at radius 1 is 0.946 bits per heavy atom. The maximum atomic E-state index is 13.1. The van der Waals surface area contributed by atoms with Crippen LogP contribution in [0.3, 0.4) is 0 Å². The molecular formula is C28H43F3N2O3S. The number of unbranched alkanes of at least 4 members (excludes halogenated alkanes) is 11. The van der Waals surface area contributed by atoms with Crippen LogP contribution in [-0.2, 0) is 21.8 Å². The van der Waals surface area contributed by atoms with Crippen LogP contribution in [-0.4, -0.2) is 32.3 Å². The molecule has 0 saturated heterocycles. The van der Waals surface area contributed by atoms with Gasteiger partial charge in [0, 0.05) is 28.0 Å². The van der Waals surface area contributed by atoms with Crippen LogP contribution in [0.5, 0.6) is 0 Å². The summed E-state index contributed by atoms with van der Waals surface area (Å²) in [6.45, 7) is 3.48. The van der Waals surface area contributed by atoms with Crippen LogP contribution in [0.1, 0.15) is 115 Å². The van der Waals surface area contributed by atoms with Gasteiger partial charge in [-0.2, -0.15) is 18.4 Å². The van der Waals surface area contributed by atoms with E-state index in [4.69, 9.17) is 5.26 Å². The van der Waals surface area contributed by atoms with Gasteiger partial charge in [0.1, 0.15) is 5.60 Å². The van der Waals surface area contributed by atoms with Gasteiger partial charge in [0.15, 0.2) is 0 Å². The second-order valence-electron chi connectivity index (χ2n) is 9.94. The van der Waals surface area contributed by atoms with E-state index in [2.05, 4.69) is 12.2 Å². The van der Waals surface area contributed by atoms with Crippen LogP contribution < -0.4 is 5.32 Å². The van der Waals surface area contributed by atoms with Gasteiger partial charge in [-0.1, -0.05) is 77.6 Å². The lowest BCUT2D eigenvalue weighted by Gasteiger charge is -2.22. The maximum absolute atomic E-state index is 13.1. The van der Waals surface area contributed by atoms with Gasteiger partial charge in [-0.3, -0.25) is 9.00 Å². The molecule has 0 radical (unpaired) electrons. The Hall–Kier alpha value is -1.92. The average Bonchev–Trinajstić information content (AvgIpc) is 2.84. The van der Waals surface area contributed by atoms with Crippen molar-refractivity contribution in [2.24, 2.45) is 0 Å². The summed E-state index contributed by atoms with van der Waals surface area (Å²) < 4.78 is 51.1. The molecule has 0 bridgehead atoms. The molecule has 0 heterocycles. The zero-order valence-electron chi connectivity index (χ0n) is 22.3. The highest BCUT2D eigenvalue weighted by Crippen LogP contribution is 2.33. The van der Waals surface area contributed by atoms with Gasteiger partial charge in [0.25, 0.3) is 5.91 Å². The number of rotatable bonds is 19. The molecule has 0 aromatic heterocycles. The molecule has 0 aliphatic heterocycles. The minimum absolute atomic E-state index is 0.112. The third-order valence-electron chi connectivity index (χ3n) is 6.45. The Bertz CT molecular complexity index is 882. The van der Waals surface area contributed by atoms with E-state index in [9.17, 15) is 27.3 Å². The van der Waals surface area contributed by atoms with Crippen LogP contribution in [0.25, 0.3) is 0 Å². The predicted molar refractivity (Wildman–Crippen MR) is 144 cm³/mol. The molecule has 1 aromatic carbocycles. The van der Waals surface area contributed by atoms with E-state index in [1.54, 1.807) is 0 Å². The molecule has 1 amide bonds. The number of hydrogen-bond acceptors (Lipinski definition) is 4. The molecule has 2 atom stereocenters. The second kappa shape index (κ2) is 17.6. The lowest BCUT2D eigenvalue weighted by molar-refractivity contribution is -0.138. The Morgan fingerprint density at radius 2 is 1.46 bits per heavy atom. The molecule has 0 aliphatic rings. The molecule has 0 spiro atoms. The third kappa shape index (κ3) is 14.0. The molecule has 0 fully saturated rings. The number of nitrogens with one attached hydrogen (secondary N) is 1. The fourth-order valence-corrected chi connectivity index (χ4v) is 5.40. The zero-order chi connectivity index (χ0) is 27.7. The minimum Gasteiger partial charge on any atom is -0.380 e. The lowest BCUT2D eigenvalue weighted by Crippen LogP contribution is -2.40. The molecule has 9 heteroatoms. The van der Waals surface area contributed by atoms with Gasteiger partial charge in [-0.05, 0) is 44.4 Å². The highest BCUT2D eigenvalue weighted by molar-refractivity contribution is 7.84. The SMILES string of the molecule is CCCCS(=O)CCCCCCCCCCCCC[C@](C)(O)C(=O)Nc1ccc(C#N)c(C(F)(F)F)c1. The number of alkyl halides is 3. The first-order chi connectivity index (χ1) is 17.5. The molecular weight excluding hydrogens is 501 g/mol. The number of anilines is 1. The summed E-state index contributed by atoms with van der Waals surface area (Å²) in [5.41, 5.74) is -3.46. The highest BCUT2D eigenvalue weighted by Gasteiger charge is 2.35. The largest absolute Gasteiger partial charge is 0.417 e. The molecule has 0 saturated carbocycles. The maximum Gasteiger partial charge on any atom is 0.417 e. The number of halogens is 3. The Balaban J connectivity index is 2.17. The minimum atomic E-state index is -4.72. The van der Waals surface area contributed by atoms with Crippen molar-refractivity contribution >= 4 is 22.4 Å². The van der Waals surface area contributed by atoms with Crippen molar-refractivity contribution in [1.82, 2.24) is 0 Å². The molecule has 0 aliphatic carbocycles. The van der Waals surface area contributed by atoms with Crippen LogP contribution >= 0.6 is 0 Å². The van der Waals surface area contributed by atoms with E-state index in [1.807, 2.05) is 0 Å². The molecule has 1 rings (SSSR count). The molecule has 1 aromatic rings. The summed E-state index contributed by atoms with van der Waals surface area (Å²) in [6, 6.07) is 4.43. The summed E-state index contributed by atoms with van der Waals surface area (Å²) in [5.74, 6) is 0.909. The molecule has 37 heavy (non-hydrogen) atoms. The molecule has 2 N–H and O–H groups in total. The van der Waals surface area contributed by atoms with Gasteiger partial charge in [-0.15, -0.1) is 0 Å². The van der Waals surface area contributed by atoms with Crippen molar-refractivity contribution in [3.8, 4) is 6.07 Å². The van der Waals surface area contributed by atoms with Gasteiger partial charge in [-0.25, -0.2) is 0 Å².